The van der Waals surface area contributed by atoms with Gasteiger partial charge in [-0.25, -0.2) is 0 Å². The molecule has 1 fully saturated rings. The van der Waals surface area contributed by atoms with Gasteiger partial charge in [0.1, 0.15) is 12.4 Å². The molecule has 5 nitrogen and oxygen atoms in total. The predicted molar refractivity (Wildman–Crippen MR) is 115 cm³/mol. The van der Waals surface area contributed by atoms with Crippen molar-refractivity contribution in [1.82, 2.24) is 9.88 Å². The lowest BCUT2D eigenvalue weighted by atomic mass is 10.1. The number of carbonyl (C=O) groups excluding carboxylic acids is 2. The number of pyridine rings is 1. The van der Waals surface area contributed by atoms with Crippen molar-refractivity contribution < 1.29 is 14.3 Å². The van der Waals surface area contributed by atoms with Crippen molar-refractivity contribution in [2.45, 2.75) is 31.7 Å². The lowest BCUT2D eigenvalue weighted by Crippen LogP contribution is -2.43. The average molecular weight is 400 g/mol. The van der Waals surface area contributed by atoms with Crippen LogP contribution in [-0.2, 0) is 16.0 Å². The fourth-order valence-corrected chi connectivity index (χ4v) is 3.73. The summed E-state index contributed by atoms with van der Waals surface area (Å²) in [4.78, 5) is 30.1. The first-order valence-electron chi connectivity index (χ1n) is 10.2. The second-order valence-electron chi connectivity index (χ2n) is 7.41. The average Bonchev–Trinajstić information content (AvgIpc) is 3.13. The van der Waals surface area contributed by atoms with Gasteiger partial charge in [-0.3, -0.25) is 19.5 Å². The topological polar surface area (TPSA) is 59.5 Å². The zero-order valence-corrected chi connectivity index (χ0v) is 16.7. The van der Waals surface area contributed by atoms with Crippen LogP contribution in [0.5, 0.6) is 5.75 Å². The Kier molecular flexibility index (Phi) is 6.18. The van der Waals surface area contributed by atoms with Crippen molar-refractivity contribution in [3.63, 3.8) is 0 Å². The maximum Gasteiger partial charge on any atom is 0.230 e. The summed E-state index contributed by atoms with van der Waals surface area (Å²) < 4.78 is 5.99. The first kappa shape index (κ1) is 19.8. The molecule has 0 spiro atoms. The standard InChI is InChI=1S/C25H24N2O3/c28-24-14-15-25(29)27(24)22(11-8-19-5-4-16-26-17-19)18-30-23-12-9-21(10-13-23)20-6-2-1-3-7-20/h1-7,9-10,12-13,16-17,22H,8,11,14-15,18H2. The summed E-state index contributed by atoms with van der Waals surface area (Å²) >= 11 is 0. The largest absolute Gasteiger partial charge is 0.491 e. The molecule has 3 aromatic rings. The summed E-state index contributed by atoms with van der Waals surface area (Å²) in [5, 5.41) is 0. The van der Waals surface area contributed by atoms with Crippen molar-refractivity contribution in [1.29, 1.82) is 0 Å². The molecule has 1 aliphatic rings. The number of hydrogen-bond acceptors (Lipinski definition) is 4. The monoisotopic (exact) mass is 400 g/mol. The second kappa shape index (κ2) is 9.35. The van der Waals surface area contributed by atoms with Gasteiger partial charge in [0.15, 0.2) is 0 Å². The zero-order chi connectivity index (χ0) is 20.8. The molecule has 0 radical (unpaired) electrons. The van der Waals surface area contributed by atoms with Crippen LogP contribution in [0.15, 0.2) is 79.1 Å². The molecule has 152 valence electrons. The van der Waals surface area contributed by atoms with Gasteiger partial charge in [-0.1, -0.05) is 48.5 Å². The molecule has 4 rings (SSSR count). The van der Waals surface area contributed by atoms with Crippen molar-refractivity contribution in [3.05, 3.63) is 84.7 Å². The SMILES string of the molecule is O=C1CCC(=O)N1C(CCc1cccnc1)COc1ccc(-c2ccccc2)cc1. The molecule has 2 aromatic carbocycles. The van der Waals surface area contributed by atoms with E-state index >= 15 is 0 Å². The highest BCUT2D eigenvalue weighted by atomic mass is 16.5. The molecular formula is C25H24N2O3. The van der Waals surface area contributed by atoms with Gasteiger partial charge in [0, 0.05) is 25.2 Å². The van der Waals surface area contributed by atoms with Gasteiger partial charge in [-0.2, -0.15) is 0 Å². The van der Waals surface area contributed by atoms with Gasteiger partial charge >= 0.3 is 0 Å². The number of aromatic nitrogens is 1. The maximum atomic E-state index is 12.3. The Morgan fingerprint density at radius 1 is 0.867 bits per heavy atom. The zero-order valence-electron chi connectivity index (χ0n) is 16.7. The molecule has 30 heavy (non-hydrogen) atoms. The van der Waals surface area contributed by atoms with Crippen molar-refractivity contribution in [3.8, 4) is 16.9 Å². The van der Waals surface area contributed by atoms with E-state index < -0.39 is 0 Å². The van der Waals surface area contributed by atoms with Gasteiger partial charge in [-0.15, -0.1) is 0 Å². The highest BCUT2D eigenvalue weighted by molar-refractivity contribution is 6.02. The molecule has 0 saturated carbocycles. The predicted octanol–water partition coefficient (Wildman–Crippen LogP) is 4.28. The summed E-state index contributed by atoms with van der Waals surface area (Å²) in [6.07, 6.45) is 5.49. The fourth-order valence-electron chi connectivity index (χ4n) is 3.73. The summed E-state index contributed by atoms with van der Waals surface area (Å²) in [6.45, 7) is 0.280. The normalized spacial score (nSPS) is 14.7. The number of hydrogen-bond donors (Lipinski definition) is 0. The molecule has 0 aliphatic carbocycles. The smallest absolute Gasteiger partial charge is 0.230 e. The van der Waals surface area contributed by atoms with Crippen LogP contribution in [0, 0.1) is 0 Å². The third-order valence-corrected chi connectivity index (χ3v) is 5.35. The number of imide groups is 1. The van der Waals surface area contributed by atoms with E-state index in [0.717, 1.165) is 28.9 Å². The molecule has 1 atom stereocenters. The Morgan fingerprint density at radius 3 is 2.23 bits per heavy atom. The van der Waals surface area contributed by atoms with E-state index in [-0.39, 0.29) is 37.3 Å². The Morgan fingerprint density at radius 2 is 1.57 bits per heavy atom. The summed E-state index contributed by atoms with van der Waals surface area (Å²) in [5.41, 5.74) is 3.33. The lowest BCUT2D eigenvalue weighted by molar-refractivity contribution is -0.142. The number of rotatable bonds is 8. The third kappa shape index (κ3) is 4.74. The van der Waals surface area contributed by atoms with Crippen LogP contribution in [0.4, 0.5) is 0 Å². The minimum atomic E-state index is -0.290. The van der Waals surface area contributed by atoms with Crippen molar-refractivity contribution in [2.24, 2.45) is 0 Å². The van der Waals surface area contributed by atoms with E-state index in [9.17, 15) is 9.59 Å². The third-order valence-electron chi connectivity index (χ3n) is 5.35. The Bertz CT molecular complexity index is 972. The van der Waals surface area contributed by atoms with Crippen LogP contribution in [0.1, 0.15) is 24.8 Å². The first-order valence-corrected chi connectivity index (χ1v) is 10.2. The molecule has 0 bridgehead atoms. The molecule has 2 amide bonds. The highest BCUT2D eigenvalue weighted by Crippen LogP contribution is 2.24. The number of nitrogens with zero attached hydrogens (tertiary/aromatic N) is 2. The lowest BCUT2D eigenvalue weighted by Gasteiger charge is -2.26. The van der Waals surface area contributed by atoms with Crippen LogP contribution < -0.4 is 4.74 Å². The molecule has 1 unspecified atom stereocenters. The van der Waals surface area contributed by atoms with E-state index in [1.54, 1.807) is 6.20 Å². The van der Waals surface area contributed by atoms with Crippen LogP contribution in [0.25, 0.3) is 11.1 Å². The minimum Gasteiger partial charge on any atom is -0.491 e. The van der Waals surface area contributed by atoms with E-state index in [0.29, 0.717) is 6.42 Å². The van der Waals surface area contributed by atoms with E-state index in [4.69, 9.17) is 4.74 Å². The Balaban J connectivity index is 1.43. The van der Waals surface area contributed by atoms with Crippen molar-refractivity contribution >= 4 is 11.8 Å². The van der Waals surface area contributed by atoms with Crippen LogP contribution in [0.2, 0.25) is 0 Å². The molecule has 1 saturated heterocycles. The summed E-state index contributed by atoms with van der Waals surface area (Å²) in [6, 6.07) is 21.6. The molecule has 0 N–H and O–H groups in total. The number of benzene rings is 2. The second-order valence-corrected chi connectivity index (χ2v) is 7.41. The van der Waals surface area contributed by atoms with Gasteiger partial charge in [0.05, 0.1) is 6.04 Å². The van der Waals surface area contributed by atoms with Crippen LogP contribution >= 0.6 is 0 Å². The van der Waals surface area contributed by atoms with E-state index in [1.807, 2.05) is 60.8 Å². The quantitative estimate of drug-likeness (QED) is 0.530. The summed E-state index contributed by atoms with van der Waals surface area (Å²) in [5.74, 6) is 0.499. The Hall–Kier alpha value is -3.47. The maximum absolute atomic E-state index is 12.3. The number of likely N-dealkylation sites (tertiary alicyclic amines) is 1. The number of ether oxygens (including phenoxy) is 1. The van der Waals surface area contributed by atoms with Crippen molar-refractivity contribution in [2.75, 3.05) is 6.61 Å². The van der Waals surface area contributed by atoms with Gasteiger partial charge < -0.3 is 4.74 Å². The molecule has 1 aromatic heterocycles. The highest BCUT2D eigenvalue weighted by Gasteiger charge is 2.35. The molecule has 2 heterocycles. The number of aryl methyl sites for hydroxylation is 1. The van der Waals surface area contributed by atoms with Gasteiger partial charge in [0.2, 0.25) is 11.8 Å². The Labute approximate surface area is 176 Å². The molecule has 1 aliphatic heterocycles. The minimum absolute atomic E-state index is 0.112. The van der Waals surface area contributed by atoms with Gasteiger partial charge in [-0.05, 0) is 47.7 Å². The first-order chi connectivity index (χ1) is 14.7. The number of amides is 2. The van der Waals surface area contributed by atoms with Crippen LogP contribution in [-0.4, -0.2) is 34.3 Å². The van der Waals surface area contributed by atoms with Crippen LogP contribution in [0.3, 0.4) is 0 Å². The van der Waals surface area contributed by atoms with Gasteiger partial charge in [0.25, 0.3) is 0 Å². The molecular weight excluding hydrogens is 376 g/mol. The number of carbonyl (C=O) groups is 2. The van der Waals surface area contributed by atoms with E-state index in [1.165, 1.54) is 4.90 Å². The summed E-state index contributed by atoms with van der Waals surface area (Å²) in [7, 11) is 0. The fraction of sp³-hybridized carbons (Fsp3) is 0.240. The van der Waals surface area contributed by atoms with E-state index in [2.05, 4.69) is 17.1 Å². The molecule has 5 heteroatoms.